The zero-order valence-corrected chi connectivity index (χ0v) is 15.0. The molecule has 0 saturated carbocycles. The number of rotatable bonds is 4. The van der Waals surface area contributed by atoms with Crippen molar-refractivity contribution < 1.29 is 17.9 Å². The van der Waals surface area contributed by atoms with E-state index in [1.165, 1.54) is 4.31 Å². The minimum absolute atomic E-state index is 0.270. The maximum atomic E-state index is 12.6. The molecule has 1 aliphatic heterocycles. The van der Waals surface area contributed by atoms with Gasteiger partial charge in [0, 0.05) is 13.1 Å². The Balaban J connectivity index is 1.62. The van der Waals surface area contributed by atoms with Crippen molar-refractivity contribution in [3.05, 3.63) is 59.6 Å². The summed E-state index contributed by atoms with van der Waals surface area (Å²) in [5.41, 5.74) is 0. The molecule has 1 fully saturated rings. The fraction of sp³-hybridized carbons (Fsp3) is 0.278. The number of carbonyl (C=O) groups is 1. The van der Waals surface area contributed by atoms with Gasteiger partial charge in [-0.05, 0) is 37.1 Å². The quantitative estimate of drug-likeness (QED) is 0.603. The molecule has 25 heavy (non-hydrogen) atoms. The lowest BCUT2D eigenvalue weighted by molar-refractivity contribution is -0.140. The number of nitrogens with zero attached hydrogens (tertiary/aromatic N) is 1. The average molecular weight is 380 g/mol. The van der Waals surface area contributed by atoms with Crippen molar-refractivity contribution in [1.82, 2.24) is 4.31 Å². The largest absolute Gasteiger partial charge is 0.425 e. The van der Waals surface area contributed by atoms with Crippen LogP contribution in [0.3, 0.4) is 0 Å². The first-order valence-corrected chi connectivity index (χ1v) is 9.82. The second-order valence-corrected chi connectivity index (χ2v) is 8.19. The van der Waals surface area contributed by atoms with E-state index in [1.807, 2.05) is 0 Å². The second kappa shape index (κ2) is 7.56. The van der Waals surface area contributed by atoms with E-state index in [9.17, 15) is 13.2 Å². The van der Waals surface area contributed by atoms with Gasteiger partial charge in [-0.15, -0.1) is 0 Å². The van der Waals surface area contributed by atoms with Crippen LogP contribution in [0.4, 0.5) is 0 Å². The van der Waals surface area contributed by atoms with Gasteiger partial charge in [0.1, 0.15) is 5.75 Å². The van der Waals surface area contributed by atoms with Crippen molar-refractivity contribution >= 4 is 27.6 Å². The molecule has 132 valence electrons. The van der Waals surface area contributed by atoms with Gasteiger partial charge in [-0.3, -0.25) is 4.79 Å². The molecule has 5 nitrogen and oxygen atoms in total. The molecule has 0 aliphatic carbocycles. The standard InChI is InChI=1S/C18H18ClNO4S/c19-16-8-4-5-9-17(16)24-18(21)14-10-12-20(13-11-14)25(22,23)15-6-2-1-3-7-15/h1-9,14H,10-13H2. The van der Waals surface area contributed by atoms with Crippen LogP contribution in [0.15, 0.2) is 59.5 Å². The number of halogens is 1. The van der Waals surface area contributed by atoms with Crippen LogP contribution >= 0.6 is 11.6 Å². The highest BCUT2D eigenvalue weighted by Crippen LogP contribution is 2.28. The van der Waals surface area contributed by atoms with Crippen LogP contribution in [0, 0.1) is 5.92 Å². The molecule has 0 aromatic heterocycles. The monoisotopic (exact) mass is 379 g/mol. The van der Waals surface area contributed by atoms with Crippen molar-refractivity contribution in [3.8, 4) is 5.75 Å². The summed E-state index contributed by atoms with van der Waals surface area (Å²) < 4.78 is 32.0. The van der Waals surface area contributed by atoms with Crippen LogP contribution < -0.4 is 4.74 Å². The highest BCUT2D eigenvalue weighted by atomic mass is 35.5. The van der Waals surface area contributed by atoms with Gasteiger partial charge in [0.05, 0.1) is 15.8 Å². The number of piperidine rings is 1. The number of carbonyl (C=O) groups excluding carboxylic acids is 1. The van der Waals surface area contributed by atoms with E-state index in [0.29, 0.717) is 36.7 Å². The van der Waals surface area contributed by atoms with Gasteiger partial charge in [-0.1, -0.05) is 41.9 Å². The van der Waals surface area contributed by atoms with Gasteiger partial charge >= 0.3 is 5.97 Å². The Morgan fingerprint density at radius 1 is 1.00 bits per heavy atom. The van der Waals surface area contributed by atoms with Crippen LogP contribution in [-0.4, -0.2) is 31.8 Å². The summed E-state index contributed by atoms with van der Waals surface area (Å²) in [6, 6.07) is 15.1. The Bertz CT molecular complexity index is 846. The van der Waals surface area contributed by atoms with E-state index in [-0.39, 0.29) is 16.8 Å². The van der Waals surface area contributed by atoms with Gasteiger partial charge in [0.2, 0.25) is 10.0 Å². The first-order chi connectivity index (χ1) is 12.0. The minimum Gasteiger partial charge on any atom is -0.425 e. The zero-order valence-electron chi connectivity index (χ0n) is 13.5. The van der Waals surface area contributed by atoms with Crippen molar-refractivity contribution in [3.63, 3.8) is 0 Å². The highest BCUT2D eigenvalue weighted by Gasteiger charge is 2.33. The van der Waals surface area contributed by atoms with Gasteiger partial charge < -0.3 is 4.74 Å². The molecule has 1 saturated heterocycles. The molecular weight excluding hydrogens is 362 g/mol. The Hall–Kier alpha value is -1.89. The van der Waals surface area contributed by atoms with E-state index >= 15 is 0 Å². The molecule has 1 aliphatic rings. The Kier molecular flexibility index (Phi) is 5.42. The molecule has 2 aromatic rings. The summed E-state index contributed by atoms with van der Waals surface area (Å²) in [5, 5.41) is 0.375. The summed E-state index contributed by atoms with van der Waals surface area (Å²) in [7, 11) is -3.52. The molecule has 2 aromatic carbocycles. The predicted octanol–water partition coefficient (Wildman–Crippen LogP) is 3.35. The maximum Gasteiger partial charge on any atom is 0.314 e. The van der Waals surface area contributed by atoms with E-state index in [0.717, 1.165) is 0 Å². The Morgan fingerprint density at radius 2 is 1.60 bits per heavy atom. The lowest BCUT2D eigenvalue weighted by atomic mass is 9.98. The summed E-state index contributed by atoms with van der Waals surface area (Å²) in [4.78, 5) is 12.6. The number of esters is 1. The van der Waals surface area contributed by atoms with E-state index in [1.54, 1.807) is 54.6 Å². The number of sulfonamides is 1. The maximum absolute atomic E-state index is 12.6. The molecule has 0 spiro atoms. The smallest absolute Gasteiger partial charge is 0.314 e. The summed E-state index contributed by atoms with van der Waals surface area (Å²) in [5.74, 6) is -0.378. The van der Waals surface area contributed by atoms with Crippen molar-refractivity contribution in [1.29, 1.82) is 0 Å². The van der Waals surface area contributed by atoms with Gasteiger partial charge in [-0.2, -0.15) is 4.31 Å². The van der Waals surface area contributed by atoms with Crippen LogP contribution in [0.1, 0.15) is 12.8 Å². The second-order valence-electron chi connectivity index (χ2n) is 5.84. The van der Waals surface area contributed by atoms with Crippen molar-refractivity contribution in [2.75, 3.05) is 13.1 Å². The van der Waals surface area contributed by atoms with Crippen LogP contribution in [-0.2, 0) is 14.8 Å². The van der Waals surface area contributed by atoms with E-state index in [2.05, 4.69) is 0 Å². The molecule has 0 atom stereocenters. The highest BCUT2D eigenvalue weighted by molar-refractivity contribution is 7.89. The molecule has 0 N–H and O–H groups in total. The predicted molar refractivity (Wildman–Crippen MR) is 95.0 cm³/mol. The molecule has 1 heterocycles. The van der Waals surface area contributed by atoms with Gasteiger partial charge in [0.15, 0.2) is 0 Å². The molecule has 0 amide bonds. The number of ether oxygens (including phenoxy) is 1. The van der Waals surface area contributed by atoms with Crippen LogP contribution in [0.25, 0.3) is 0 Å². The number of hydrogen-bond donors (Lipinski definition) is 0. The molecule has 0 radical (unpaired) electrons. The van der Waals surface area contributed by atoms with E-state index in [4.69, 9.17) is 16.3 Å². The van der Waals surface area contributed by atoms with Crippen LogP contribution in [0.2, 0.25) is 5.02 Å². The molecular formula is C18H18ClNO4S. The van der Waals surface area contributed by atoms with Gasteiger partial charge in [0.25, 0.3) is 0 Å². The zero-order chi connectivity index (χ0) is 17.9. The van der Waals surface area contributed by atoms with E-state index < -0.39 is 10.0 Å². The molecule has 3 rings (SSSR count). The SMILES string of the molecule is O=C(Oc1ccccc1Cl)C1CCN(S(=O)(=O)c2ccccc2)CC1. The van der Waals surface area contributed by atoms with Crippen molar-refractivity contribution in [2.24, 2.45) is 5.92 Å². The van der Waals surface area contributed by atoms with Crippen molar-refractivity contribution in [2.45, 2.75) is 17.7 Å². The molecule has 7 heteroatoms. The summed E-state index contributed by atoms with van der Waals surface area (Å²) in [6.45, 7) is 0.582. The summed E-state index contributed by atoms with van der Waals surface area (Å²) in [6.07, 6.45) is 0.852. The topological polar surface area (TPSA) is 63.7 Å². The van der Waals surface area contributed by atoms with Gasteiger partial charge in [-0.25, -0.2) is 8.42 Å². The minimum atomic E-state index is -3.52. The number of para-hydroxylation sites is 1. The third-order valence-electron chi connectivity index (χ3n) is 4.22. The first-order valence-electron chi connectivity index (χ1n) is 8.00. The number of hydrogen-bond acceptors (Lipinski definition) is 4. The fourth-order valence-electron chi connectivity index (χ4n) is 2.79. The first kappa shape index (κ1) is 17.9. The summed E-state index contributed by atoms with van der Waals surface area (Å²) >= 11 is 5.99. The molecule has 0 unspecified atom stereocenters. The average Bonchev–Trinajstić information content (AvgIpc) is 2.64. The normalized spacial score (nSPS) is 16.5. The third-order valence-corrected chi connectivity index (χ3v) is 6.44. The number of benzene rings is 2. The Labute approximate surface area is 152 Å². The molecule has 0 bridgehead atoms. The third kappa shape index (κ3) is 4.03. The lowest BCUT2D eigenvalue weighted by Crippen LogP contribution is -2.41. The van der Waals surface area contributed by atoms with Crippen LogP contribution in [0.5, 0.6) is 5.75 Å². The Morgan fingerprint density at radius 3 is 2.24 bits per heavy atom. The fourth-order valence-corrected chi connectivity index (χ4v) is 4.46. The lowest BCUT2D eigenvalue weighted by Gasteiger charge is -2.30.